The van der Waals surface area contributed by atoms with E-state index in [2.05, 4.69) is 15.3 Å². The second kappa shape index (κ2) is 9.70. The van der Waals surface area contributed by atoms with Crippen LogP contribution in [-0.4, -0.2) is 23.2 Å². The minimum atomic E-state index is -4.39. The van der Waals surface area contributed by atoms with E-state index in [4.69, 9.17) is 9.47 Å². The van der Waals surface area contributed by atoms with Gasteiger partial charge in [-0.05, 0) is 42.5 Å². The Labute approximate surface area is 191 Å². The Morgan fingerprint density at radius 3 is 2.41 bits per heavy atom. The molecule has 0 aliphatic rings. The van der Waals surface area contributed by atoms with Crippen molar-refractivity contribution in [3.05, 3.63) is 77.9 Å². The maximum atomic E-state index is 13.6. The average molecular weight is 470 g/mol. The Bertz CT molecular complexity index is 1330. The van der Waals surface area contributed by atoms with Crippen LogP contribution >= 0.6 is 0 Å². The number of alkyl halides is 3. The summed E-state index contributed by atoms with van der Waals surface area (Å²) in [6.07, 6.45) is -2.65. The third kappa shape index (κ3) is 5.56. The van der Waals surface area contributed by atoms with Gasteiger partial charge >= 0.3 is 6.18 Å². The van der Waals surface area contributed by atoms with Crippen LogP contribution in [0.1, 0.15) is 17.7 Å². The van der Waals surface area contributed by atoms with Crippen LogP contribution in [-0.2, 0) is 6.18 Å². The largest absolute Gasteiger partial charge is 0.493 e. The molecular formula is C24H18F4N4O2. The number of aromatic amines is 1. The summed E-state index contributed by atoms with van der Waals surface area (Å²) in [5.41, 5.74) is 0.669. The Morgan fingerprint density at radius 1 is 0.971 bits per heavy atom. The third-order valence-corrected chi connectivity index (χ3v) is 4.82. The molecule has 0 saturated carbocycles. The molecule has 0 atom stereocenters. The van der Waals surface area contributed by atoms with E-state index in [1.807, 2.05) is 6.07 Å². The maximum Gasteiger partial charge on any atom is 0.416 e. The van der Waals surface area contributed by atoms with E-state index in [1.165, 1.54) is 24.4 Å². The summed E-state index contributed by atoms with van der Waals surface area (Å²) >= 11 is 0. The molecule has 34 heavy (non-hydrogen) atoms. The predicted octanol–water partition coefficient (Wildman–Crippen LogP) is 6.18. The van der Waals surface area contributed by atoms with Crippen molar-refractivity contribution in [3.8, 4) is 17.6 Å². The van der Waals surface area contributed by atoms with Crippen molar-refractivity contribution in [3.63, 3.8) is 0 Å². The van der Waals surface area contributed by atoms with Crippen LogP contribution in [0, 0.1) is 17.1 Å². The lowest BCUT2D eigenvalue weighted by Crippen LogP contribution is -2.07. The number of ether oxygens (including phenoxy) is 2. The minimum Gasteiger partial charge on any atom is -0.493 e. The van der Waals surface area contributed by atoms with Gasteiger partial charge in [-0.2, -0.15) is 18.4 Å². The quantitative estimate of drug-likeness (QED) is 0.237. The molecule has 6 nitrogen and oxygen atoms in total. The predicted molar refractivity (Wildman–Crippen MR) is 118 cm³/mol. The number of hydrogen-bond donors (Lipinski definition) is 2. The Hall–Kier alpha value is -4.26. The van der Waals surface area contributed by atoms with Gasteiger partial charge in [0.15, 0.2) is 0 Å². The molecule has 0 aliphatic heterocycles. The summed E-state index contributed by atoms with van der Waals surface area (Å²) in [6.45, 7) is 0.488. The molecular weight excluding hydrogens is 452 g/mol. The molecule has 10 heteroatoms. The zero-order valence-corrected chi connectivity index (χ0v) is 17.6. The number of rotatable bonds is 8. The normalized spacial score (nSPS) is 11.3. The molecule has 0 amide bonds. The molecule has 0 spiro atoms. The Balaban J connectivity index is 1.32. The topological polar surface area (TPSA) is 83.0 Å². The van der Waals surface area contributed by atoms with Crippen LogP contribution in [0.4, 0.5) is 29.1 Å². The van der Waals surface area contributed by atoms with Crippen molar-refractivity contribution in [2.75, 3.05) is 18.5 Å². The van der Waals surface area contributed by atoms with Gasteiger partial charge in [-0.1, -0.05) is 0 Å². The van der Waals surface area contributed by atoms with E-state index in [1.54, 1.807) is 24.3 Å². The summed E-state index contributed by atoms with van der Waals surface area (Å²) < 4.78 is 62.5. The molecule has 0 unspecified atom stereocenters. The number of pyridine rings is 1. The average Bonchev–Trinajstić information content (AvgIpc) is 3.18. The van der Waals surface area contributed by atoms with Crippen LogP contribution in [0.25, 0.3) is 10.9 Å². The number of aromatic nitrogens is 2. The Kier molecular flexibility index (Phi) is 6.54. The SMILES string of the molecule is N#Cc1cc(OCCCOc2ccc(C(F)(F)F)cc2)cc(Nc2ccc3c(F)c[nH]c3c2)n1. The maximum absolute atomic E-state index is 13.6. The van der Waals surface area contributed by atoms with Crippen molar-refractivity contribution >= 4 is 22.4 Å². The first-order valence-electron chi connectivity index (χ1n) is 10.2. The van der Waals surface area contributed by atoms with Crippen molar-refractivity contribution in [2.24, 2.45) is 0 Å². The summed E-state index contributed by atoms with van der Waals surface area (Å²) in [5, 5.41) is 12.8. The van der Waals surface area contributed by atoms with E-state index < -0.39 is 11.7 Å². The first kappa shape index (κ1) is 22.9. The first-order valence-corrected chi connectivity index (χ1v) is 10.2. The number of fused-ring (bicyclic) bond motifs is 1. The van der Waals surface area contributed by atoms with Gasteiger partial charge in [0.25, 0.3) is 0 Å². The van der Waals surface area contributed by atoms with E-state index in [0.717, 1.165) is 12.1 Å². The number of halogens is 4. The number of nitrogens with zero attached hydrogens (tertiary/aromatic N) is 2. The lowest BCUT2D eigenvalue weighted by Gasteiger charge is -2.11. The standard InChI is InChI=1S/C24H18F4N4O2/c25-21-14-30-22-11-16(4-7-20(21)22)31-23-12-19(10-17(13-29)32-23)34-9-1-8-33-18-5-2-15(3-6-18)24(26,27)28/h2-7,10-12,14,30H,1,8-9H2,(H,31,32). The van der Waals surface area contributed by atoms with Gasteiger partial charge < -0.3 is 19.8 Å². The van der Waals surface area contributed by atoms with Crippen molar-refractivity contribution in [1.29, 1.82) is 5.26 Å². The van der Waals surface area contributed by atoms with Crippen LogP contribution < -0.4 is 14.8 Å². The molecule has 0 saturated heterocycles. The lowest BCUT2D eigenvalue weighted by atomic mass is 10.2. The number of hydrogen-bond acceptors (Lipinski definition) is 5. The van der Waals surface area contributed by atoms with Gasteiger partial charge in [0.05, 0.1) is 24.3 Å². The summed E-state index contributed by atoms with van der Waals surface area (Å²) in [4.78, 5) is 7.03. The number of nitrogens with one attached hydrogen (secondary N) is 2. The summed E-state index contributed by atoms with van der Waals surface area (Å²) in [5.74, 6) is 0.773. The second-order valence-electron chi connectivity index (χ2n) is 7.28. The van der Waals surface area contributed by atoms with Crippen molar-refractivity contribution in [1.82, 2.24) is 9.97 Å². The number of anilines is 2. The fourth-order valence-corrected chi connectivity index (χ4v) is 3.21. The lowest BCUT2D eigenvalue weighted by molar-refractivity contribution is -0.137. The molecule has 2 aromatic heterocycles. The molecule has 0 bridgehead atoms. The monoisotopic (exact) mass is 470 g/mol. The fourth-order valence-electron chi connectivity index (χ4n) is 3.21. The minimum absolute atomic E-state index is 0.146. The van der Waals surface area contributed by atoms with Gasteiger partial charge in [0.2, 0.25) is 0 Å². The molecule has 0 fully saturated rings. The van der Waals surface area contributed by atoms with E-state index in [0.29, 0.717) is 40.3 Å². The Morgan fingerprint density at radius 2 is 1.71 bits per heavy atom. The number of benzene rings is 2. The van der Waals surface area contributed by atoms with Gasteiger partial charge in [-0.25, -0.2) is 9.37 Å². The zero-order valence-electron chi connectivity index (χ0n) is 17.6. The molecule has 4 aromatic rings. The third-order valence-electron chi connectivity index (χ3n) is 4.82. The highest BCUT2D eigenvalue weighted by atomic mass is 19.4. The summed E-state index contributed by atoms with van der Waals surface area (Å²) in [6, 6.07) is 14.6. The van der Waals surface area contributed by atoms with Crippen LogP contribution in [0.2, 0.25) is 0 Å². The molecule has 2 heterocycles. The summed E-state index contributed by atoms with van der Waals surface area (Å²) in [7, 11) is 0. The zero-order chi connectivity index (χ0) is 24.1. The van der Waals surface area contributed by atoms with Crippen molar-refractivity contribution in [2.45, 2.75) is 12.6 Å². The smallest absolute Gasteiger partial charge is 0.416 e. The van der Waals surface area contributed by atoms with E-state index in [-0.39, 0.29) is 24.7 Å². The second-order valence-corrected chi connectivity index (χ2v) is 7.28. The van der Waals surface area contributed by atoms with Crippen LogP contribution in [0.15, 0.2) is 60.8 Å². The highest BCUT2D eigenvalue weighted by molar-refractivity contribution is 5.84. The molecule has 4 rings (SSSR count). The highest BCUT2D eigenvalue weighted by Gasteiger charge is 2.30. The van der Waals surface area contributed by atoms with E-state index >= 15 is 0 Å². The van der Waals surface area contributed by atoms with Gasteiger partial charge in [0, 0.05) is 35.8 Å². The van der Waals surface area contributed by atoms with Crippen LogP contribution in [0.3, 0.4) is 0 Å². The van der Waals surface area contributed by atoms with Crippen LogP contribution in [0.5, 0.6) is 11.5 Å². The number of H-pyrrole nitrogens is 1. The highest BCUT2D eigenvalue weighted by Crippen LogP contribution is 2.30. The molecule has 0 aliphatic carbocycles. The van der Waals surface area contributed by atoms with Gasteiger partial charge in [-0.15, -0.1) is 0 Å². The van der Waals surface area contributed by atoms with Crippen molar-refractivity contribution < 1.29 is 27.0 Å². The molecule has 2 N–H and O–H groups in total. The molecule has 174 valence electrons. The first-order chi connectivity index (χ1) is 16.3. The fraction of sp³-hybridized carbons (Fsp3) is 0.167. The number of nitriles is 1. The molecule has 2 aromatic carbocycles. The van der Waals surface area contributed by atoms with E-state index in [9.17, 15) is 22.8 Å². The molecule has 0 radical (unpaired) electrons. The van der Waals surface area contributed by atoms with Gasteiger partial charge in [0.1, 0.15) is 34.9 Å². The van der Waals surface area contributed by atoms with Gasteiger partial charge in [-0.3, -0.25) is 0 Å².